The Labute approximate surface area is 148 Å². The number of hydrogen-bond donors (Lipinski definition) is 0. The molecule has 1 aromatic rings. The minimum absolute atomic E-state index is 0.00937. The van der Waals surface area contributed by atoms with Crippen LogP contribution in [0.4, 0.5) is 4.39 Å². The van der Waals surface area contributed by atoms with Crippen LogP contribution in [0, 0.1) is 17.2 Å². The maximum Gasteiger partial charge on any atom is 0.256 e. The van der Waals surface area contributed by atoms with Crippen molar-refractivity contribution in [1.82, 2.24) is 9.80 Å². The summed E-state index contributed by atoms with van der Waals surface area (Å²) in [7, 11) is 0. The van der Waals surface area contributed by atoms with Crippen LogP contribution in [0.15, 0.2) is 24.3 Å². The number of nitrogens with zero attached hydrogens (tertiary/aromatic N) is 2. The predicted molar refractivity (Wildman–Crippen MR) is 94.0 cm³/mol. The smallest absolute Gasteiger partial charge is 0.256 e. The molecular weight excluding hydrogens is 319 g/mol. The van der Waals surface area contributed by atoms with Crippen LogP contribution in [0.3, 0.4) is 0 Å². The van der Waals surface area contributed by atoms with Crippen LogP contribution in [0.25, 0.3) is 0 Å². The van der Waals surface area contributed by atoms with Gasteiger partial charge in [0.15, 0.2) is 0 Å². The normalized spacial score (nSPS) is 28.1. The predicted octanol–water partition coefficient (Wildman–Crippen LogP) is 2.79. The van der Waals surface area contributed by atoms with Gasteiger partial charge in [-0.3, -0.25) is 4.79 Å². The second-order valence-corrected chi connectivity index (χ2v) is 8.04. The Morgan fingerprint density at radius 2 is 2.08 bits per heavy atom. The molecule has 2 saturated heterocycles. The topological polar surface area (TPSA) is 32.8 Å². The van der Waals surface area contributed by atoms with Crippen LogP contribution in [-0.2, 0) is 4.74 Å². The molecule has 1 spiro atoms. The second-order valence-electron chi connectivity index (χ2n) is 8.04. The fraction of sp³-hybridized carbons (Fsp3) is 0.650. The van der Waals surface area contributed by atoms with Gasteiger partial charge in [0.1, 0.15) is 5.82 Å². The first-order chi connectivity index (χ1) is 12.2. The number of carbonyl (C=O) groups is 1. The molecule has 4 nitrogen and oxygen atoms in total. The third kappa shape index (κ3) is 3.87. The van der Waals surface area contributed by atoms with Crippen molar-refractivity contribution in [2.75, 3.05) is 45.9 Å². The Balaban J connectivity index is 1.48. The molecule has 0 N–H and O–H groups in total. The molecule has 2 aliphatic heterocycles. The first-order valence-corrected chi connectivity index (χ1v) is 9.49. The maximum absolute atomic E-state index is 14.0. The van der Waals surface area contributed by atoms with Crippen molar-refractivity contribution in [3.63, 3.8) is 0 Å². The zero-order chi connectivity index (χ0) is 17.3. The quantitative estimate of drug-likeness (QED) is 0.844. The molecule has 0 bridgehead atoms. The average Bonchev–Trinajstić information content (AvgIpc) is 3.44. The molecule has 0 aromatic heterocycles. The summed E-state index contributed by atoms with van der Waals surface area (Å²) >= 11 is 0. The summed E-state index contributed by atoms with van der Waals surface area (Å²) in [5.41, 5.74) is 0.175. The molecule has 5 heteroatoms. The molecule has 2 heterocycles. The first kappa shape index (κ1) is 17.0. The number of hydrogen-bond acceptors (Lipinski definition) is 3. The molecule has 1 aromatic carbocycles. The van der Waals surface area contributed by atoms with E-state index in [0.29, 0.717) is 19.7 Å². The maximum atomic E-state index is 14.0. The van der Waals surface area contributed by atoms with E-state index in [-0.39, 0.29) is 16.9 Å². The monoisotopic (exact) mass is 346 g/mol. The molecule has 1 unspecified atom stereocenters. The van der Waals surface area contributed by atoms with E-state index in [9.17, 15) is 9.18 Å². The van der Waals surface area contributed by atoms with Gasteiger partial charge in [0.2, 0.25) is 0 Å². The van der Waals surface area contributed by atoms with E-state index in [4.69, 9.17) is 4.74 Å². The third-order valence-electron chi connectivity index (χ3n) is 5.79. The molecule has 25 heavy (non-hydrogen) atoms. The van der Waals surface area contributed by atoms with Gasteiger partial charge in [-0.2, -0.15) is 0 Å². The summed E-state index contributed by atoms with van der Waals surface area (Å²) in [5.74, 6) is 0.240. The summed E-state index contributed by atoms with van der Waals surface area (Å²) in [4.78, 5) is 17.2. The fourth-order valence-corrected chi connectivity index (χ4v) is 4.34. The van der Waals surface area contributed by atoms with E-state index in [1.165, 1.54) is 18.9 Å². The van der Waals surface area contributed by atoms with Gasteiger partial charge in [-0.1, -0.05) is 12.1 Å². The lowest BCUT2D eigenvalue weighted by atomic mass is 9.79. The third-order valence-corrected chi connectivity index (χ3v) is 5.79. The van der Waals surface area contributed by atoms with Gasteiger partial charge in [0.05, 0.1) is 18.8 Å². The minimum Gasteiger partial charge on any atom is -0.379 e. The highest BCUT2D eigenvalue weighted by molar-refractivity contribution is 5.94. The first-order valence-electron chi connectivity index (χ1n) is 9.49. The molecule has 4 rings (SSSR count). The summed E-state index contributed by atoms with van der Waals surface area (Å²) in [5, 5.41) is 0. The molecular formula is C20H27FN2O2. The van der Waals surface area contributed by atoms with Crippen molar-refractivity contribution >= 4 is 5.91 Å². The fourth-order valence-electron chi connectivity index (χ4n) is 4.34. The Bertz CT molecular complexity index is 634. The van der Waals surface area contributed by atoms with Crippen LogP contribution in [-0.4, -0.2) is 61.6 Å². The number of rotatable bonds is 3. The summed E-state index contributed by atoms with van der Waals surface area (Å²) in [6, 6.07) is 6.29. The number of benzene rings is 1. The van der Waals surface area contributed by atoms with Crippen LogP contribution in [0.2, 0.25) is 0 Å². The molecule has 1 atom stereocenters. The number of amides is 1. The lowest BCUT2D eigenvalue weighted by molar-refractivity contribution is 0.00700. The van der Waals surface area contributed by atoms with Crippen molar-refractivity contribution < 1.29 is 13.9 Å². The molecule has 136 valence electrons. The largest absolute Gasteiger partial charge is 0.379 e. The van der Waals surface area contributed by atoms with E-state index >= 15 is 0 Å². The molecule has 1 saturated carbocycles. The molecule has 1 aliphatic carbocycles. The highest BCUT2D eigenvalue weighted by Gasteiger charge is 2.41. The average molecular weight is 346 g/mol. The Morgan fingerprint density at radius 3 is 2.88 bits per heavy atom. The Kier molecular flexibility index (Phi) is 4.78. The number of likely N-dealkylation sites (tertiary alicyclic amines) is 1. The number of halogens is 1. The zero-order valence-electron chi connectivity index (χ0n) is 14.8. The molecule has 3 fully saturated rings. The van der Waals surface area contributed by atoms with Crippen LogP contribution in [0.1, 0.15) is 36.0 Å². The van der Waals surface area contributed by atoms with E-state index in [2.05, 4.69) is 4.90 Å². The van der Waals surface area contributed by atoms with Crippen molar-refractivity contribution in [2.45, 2.75) is 25.7 Å². The van der Waals surface area contributed by atoms with E-state index < -0.39 is 5.82 Å². The molecule has 3 aliphatic rings. The van der Waals surface area contributed by atoms with Gasteiger partial charge in [-0.15, -0.1) is 0 Å². The minimum atomic E-state index is -0.431. The van der Waals surface area contributed by atoms with Gasteiger partial charge >= 0.3 is 0 Å². The standard InChI is InChI=1S/C20H27FN2O2/c21-18-5-2-1-4-17(18)19(24)23-9-3-8-20(14-23)13-22(10-11-25-15-20)12-16-6-7-16/h1-2,4-5,16H,3,6-15H2. The van der Waals surface area contributed by atoms with Gasteiger partial charge in [0, 0.05) is 38.1 Å². The van der Waals surface area contributed by atoms with Crippen molar-refractivity contribution in [3.05, 3.63) is 35.6 Å². The van der Waals surface area contributed by atoms with Crippen LogP contribution in [0.5, 0.6) is 0 Å². The highest BCUT2D eigenvalue weighted by atomic mass is 19.1. The van der Waals surface area contributed by atoms with Crippen molar-refractivity contribution in [1.29, 1.82) is 0 Å². The van der Waals surface area contributed by atoms with E-state index in [1.54, 1.807) is 18.2 Å². The van der Waals surface area contributed by atoms with Gasteiger partial charge in [-0.25, -0.2) is 4.39 Å². The number of ether oxygens (including phenoxy) is 1. The SMILES string of the molecule is O=C(c1ccccc1F)N1CCCC2(COCCN(CC3CC3)C2)C1. The van der Waals surface area contributed by atoms with Gasteiger partial charge in [-0.05, 0) is 43.7 Å². The summed E-state index contributed by atoms with van der Waals surface area (Å²) < 4.78 is 19.9. The van der Waals surface area contributed by atoms with E-state index in [1.807, 2.05) is 4.90 Å². The zero-order valence-corrected chi connectivity index (χ0v) is 14.8. The number of carbonyl (C=O) groups excluding carboxylic acids is 1. The van der Waals surface area contributed by atoms with Gasteiger partial charge < -0.3 is 14.5 Å². The lowest BCUT2D eigenvalue weighted by Crippen LogP contribution is -2.52. The lowest BCUT2D eigenvalue weighted by Gasteiger charge is -2.43. The summed E-state index contributed by atoms with van der Waals surface area (Å²) in [6.45, 7) is 5.99. The van der Waals surface area contributed by atoms with Gasteiger partial charge in [0.25, 0.3) is 5.91 Å². The second kappa shape index (κ2) is 7.04. The van der Waals surface area contributed by atoms with Crippen LogP contribution >= 0.6 is 0 Å². The van der Waals surface area contributed by atoms with Crippen LogP contribution < -0.4 is 0 Å². The number of piperidine rings is 1. The van der Waals surface area contributed by atoms with Crippen molar-refractivity contribution in [2.24, 2.45) is 11.3 Å². The Morgan fingerprint density at radius 1 is 1.24 bits per heavy atom. The Hall–Kier alpha value is -1.46. The molecule has 0 radical (unpaired) electrons. The van der Waals surface area contributed by atoms with Crippen molar-refractivity contribution in [3.8, 4) is 0 Å². The van der Waals surface area contributed by atoms with E-state index in [0.717, 1.165) is 45.0 Å². The highest BCUT2D eigenvalue weighted by Crippen LogP contribution is 2.36. The summed E-state index contributed by atoms with van der Waals surface area (Å²) in [6.07, 6.45) is 4.74. The molecule has 1 amide bonds.